The van der Waals surface area contributed by atoms with E-state index in [1.54, 1.807) is 29.6 Å². The highest BCUT2D eigenvalue weighted by Crippen LogP contribution is 2.31. The number of anilines is 1. The summed E-state index contributed by atoms with van der Waals surface area (Å²) < 4.78 is 26.9. The zero-order valence-corrected chi connectivity index (χ0v) is 21.2. The van der Waals surface area contributed by atoms with Gasteiger partial charge >= 0.3 is 0 Å². The first-order chi connectivity index (χ1) is 18.0. The minimum Gasteiger partial charge on any atom is -0.351 e. The number of carbonyl (C=O) groups excluding carboxylic acids is 2. The highest BCUT2D eigenvalue weighted by molar-refractivity contribution is 7.17. The number of thiazole rings is 1. The molecule has 196 valence electrons. The lowest BCUT2D eigenvalue weighted by atomic mass is 10.2. The maximum Gasteiger partial charge on any atom is 0.263 e. The van der Waals surface area contributed by atoms with Crippen LogP contribution in [0.25, 0.3) is 0 Å². The monoisotopic (exact) mass is 528 g/mol. The van der Waals surface area contributed by atoms with Gasteiger partial charge in [-0.3, -0.25) is 19.4 Å². The summed E-state index contributed by atoms with van der Waals surface area (Å²) in [6, 6.07) is 6.01. The van der Waals surface area contributed by atoms with Crippen molar-refractivity contribution < 1.29 is 23.5 Å². The minimum absolute atomic E-state index is 0.158. The van der Waals surface area contributed by atoms with E-state index in [1.807, 2.05) is 15.7 Å². The largest absolute Gasteiger partial charge is 0.351 e. The molecule has 12 heteroatoms. The van der Waals surface area contributed by atoms with E-state index in [1.165, 1.54) is 18.3 Å². The number of nitrogens with one attached hydrogen (secondary N) is 1. The van der Waals surface area contributed by atoms with Crippen LogP contribution in [0.3, 0.4) is 0 Å². The van der Waals surface area contributed by atoms with E-state index in [2.05, 4.69) is 15.3 Å². The molecule has 37 heavy (non-hydrogen) atoms. The fourth-order valence-electron chi connectivity index (χ4n) is 4.47. The Hall–Kier alpha value is -3.19. The summed E-state index contributed by atoms with van der Waals surface area (Å²) in [6.07, 6.45) is 8.28. The third kappa shape index (κ3) is 6.39. The van der Waals surface area contributed by atoms with Crippen LogP contribution in [-0.4, -0.2) is 76.4 Å². The van der Waals surface area contributed by atoms with Gasteiger partial charge in [-0.1, -0.05) is 23.5 Å². The first kappa shape index (κ1) is 25.5. The molecule has 4 heterocycles. The van der Waals surface area contributed by atoms with Gasteiger partial charge in [-0.05, 0) is 24.1 Å². The summed E-state index contributed by atoms with van der Waals surface area (Å²) in [5, 5.41) is 3.32. The van der Waals surface area contributed by atoms with Gasteiger partial charge in [-0.25, -0.2) is 14.4 Å². The van der Waals surface area contributed by atoms with Crippen LogP contribution in [0.2, 0.25) is 0 Å². The number of nitrogens with zero attached hydrogens (tertiary/aromatic N) is 5. The van der Waals surface area contributed by atoms with Crippen LogP contribution in [0, 0.1) is 5.82 Å². The SMILES string of the molecule is O=C(NCCCn1ccnc1)c1cnc(N(Cc2ccc(F)cc2)C(=O)CN2CCC3(C2)OCCO3)s1. The third-order valence-corrected chi connectivity index (χ3v) is 7.41. The van der Waals surface area contributed by atoms with Crippen molar-refractivity contribution in [1.82, 2.24) is 24.8 Å². The van der Waals surface area contributed by atoms with E-state index in [-0.39, 0.29) is 30.7 Å². The summed E-state index contributed by atoms with van der Waals surface area (Å²) in [6.45, 7) is 3.95. The Labute approximate surface area is 218 Å². The Kier molecular flexibility index (Phi) is 7.89. The van der Waals surface area contributed by atoms with E-state index >= 15 is 0 Å². The molecule has 5 rings (SSSR count). The molecule has 2 amide bonds. The van der Waals surface area contributed by atoms with Gasteiger partial charge in [0.25, 0.3) is 5.91 Å². The Morgan fingerprint density at radius 3 is 2.78 bits per heavy atom. The number of aromatic nitrogens is 3. The van der Waals surface area contributed by atoms with Crippen LogP contribution in [-0.2, 0) is 27.4 Å². The molecule has 0 aliphatic carbocycles. The Morgan fingerprint density at radius 2 is 2.03 bits per heavy atom. The fraction of sp³-hybridized carbons (Fsp3) is 0.440. The topological polar surface area (TPSA) is 102 Å². The molecule has 2 saturated heterocycles. The molecule has 1 N–H and O–H groups in total. The standard InChI is InChI=1S/C25H29FN6O4S/c26-20-4-2-19(3-5-20)15-32(22(33)16-31-10-6-25(17-31)35-12-13-36-25)24-29-14-21(37-24)23(34)28-7-1-9-30-11-8-27-18-30/h2-5,8,11,14,18H,1,6-7,9-10,12-13,15-17H2,(H,28,34). The molecule has 10 nitrogen and oxygen atoms in total. The highest BCUT2D eigenvalue weighted by Gasteiger charge is 2.44. The van der Waals surface area contributed by atoms with Crippen molar-refractivity contribution in [2.75, 3.05) is 44.3 Å². The number of benzene rings is 1. The summed E-state index contributed by atoms with van der Waals surface area (Å²) >= 11 is 1.16. The first-order valence-corrected chi connectivity index (χ1v) is 13.1. The number of rotatable bonds is 10. The summed E-state index contributed by atoms with van der Waals surface area (Å²) in [5.41, 5.74) is 0.760. The van der Waals surface area contributed by atoms with Crippen molar-refractivity contribution in [1.29, 1.82) is 0 Å². The van der Waals surface area contributed by atoms with Crippen molar-refractivity contribution in [2.45, 2.75) is 31.7 Å². The number of carbonyl (C=O) groups is 2. The summed E-state index contributed by atoms with van der Waals surface area (Å²) in [7, 11) is 0. The Bertz CT molecular complexity index is 1200. The molecule has 2 fully saturated rings. The van der Waals surface area contributed by atoms with E-state index in [0.29, 0.717) is 49.3 Å². The zero-order chi connectivity index (χ0) is 25.7. The van der Waals surface area contributed by atoms with Gasteiger partial charge in [0.15, 0.2) is 10.9 Å². The van der Waals surface area contributed by atoms with E-state index in [9.17, 15) is 14.0 Å². The number of likely N-dealkylation sites (tertiary alicyclic amines) is 1. The minimum atomic E-state index is -0.619. The molecule has 0 unspecified atom stereocenters. The average molecular weight is 529 g/mol. The molecule has 0 bridgehead atoms. The smallest absolute Gasteiger partial charge is 0.263 e. The van der Waals surface area contributed by atoms with E-state index in [0.717, 1.165) is 29.9 Å². The third-order valence-electron chi connectivity index (χ3n) is 6.39. The van der Waals surface area contributed by atoms with E-state index < -0.39 is 5.79 Å². The molecule has 1 aromatic carbocycles. The summed E-state index contributed by atoms with van der Waals surface area (Å²) in [5.74, 6) is -1.37. The van der Waals surface area contributed by atoms with E-state index in [4.69, 9.17) is 9.47 Å². The van der Waals surface area contributed by atoms with Crippen LogP contribution in [0.1, 0.15) is 28.1 Å². The number of amides is 2. The Morgan fingerprint density at radius 1 is 1.22 bits per heavy atom. The van der Waals surface area contributed by atoms with Crippen LogP contribution >= 0.6 is 11.3 Å². The molecule has 2 aliphatic heterocycles. The van der Waals surface area contributed by atoms with Gasteiger partial charge in [0, 0.05) is 38.4 Å². The fourth-order valence-corrected chi connectivity index (χ4v) is 5.32. The first-order valence-electron chi connectivity index (χ1n) is 12.2. The highest BCUT2D eigenvalue weighted by atomic mass is 32.1. The molecular formula is C25H29FN6O4S. The zero-order valence-electron chi connectivity index (χ0n) is 20.3. The number of halogens is 1. The molecule has 3 aromatic rings. The van der Waals surface area contributed by atoms with Gasteiger partial charge in [0.05, 0.1) is 45.4 Å². The Balaban J connectivity index is 1.23. The molecule has 0 radical (unpaired) electrons. The van der Waals surface area contributed by atoms with Crippen LogP contribution in [0.4, 0.5) is 9.52 Å². The lowest BCUT2D eigenvalue weighted by Gasteiger charge is -2.25. The predicted octanol–water partition coefficient (Wildman–Crippen LogP) is 2.28. The van der Waals surface area contributed by atoms with Crippen LogP contribution < -0.4 is 10.2 Å². The van der Waals surface area contributed by atoms with Gasteiger partial charge in [0.1, 0.15) is 10.7 Å². The molecule has 2 aliphatic rings. The maximum atomic E-state index is 13.5. The second-order valence-corrected chi connectivity index (χ2v) is 10.1. The molecule has 0 atom stereocenters. The lowest BCUT2D eigenvalue weighted by Crippen LogP contribution is -2.41. The van der Waals surface area contributed by atoms with Crippen LogP contribution in [0.15, 0.2) is 49.2 Å². The van der Waals surface area contributed by atoms with Gasteiger partial charge < -0.3 is 19.4 Å². The van der Waals surface area contributed by atoms with Crippen molar-refractivity contribution >= 4 is 28.3 Å². The van der Waals surface area contributed by atoms with Gasteiger partial charge in [-0.15, -0.1) is 0 Å². The van der Waals surface area contributed by atoms with Gasteiger partial charge in [0.2, 0.25) is 5.91 Å². The van der Waals surface area contributed by atoms with Crippen LogP contribution in [0.5, 0.6) is 0 Å². The number of aryl methyl sites for hydroxylation is 1. The number of hydrogen-bond donors (Lipinski definition) is 1. The van der Waals surface area contributed by atoms with Crippen molar-refractivity contribution in [2.24, 2.45) is 0 Å². The molecule has 2 aromatic heterocycles. The normalized spacial score (nSPS) is 16.9. The molecular weight excluding hydrogens is 499 g/mol. The average Bonchev–Trinajstić information content (AvgIpc) is 3.71. The van der Waals surface area contributed by atoms with Crippen molar-refractivity contribution in [3.05, 3.63) is 65.4 Å². The molecule has 0 saturated carbocycles. The quantitative estimate of drug-likeness (QED) is 0.403. The van der Waals surface area contributed by atoms with Crippen molar-refractivity contribution in [3.8, 4) is 0 Å². The molecule has 1 spiro atoms. The second kappa shape index (κ2) is 11.5. The number of imidazole rings is 1. The van der Waals surface area contributed by atoms with Gasteiger partial charge in [-0.2, -0.15) is 0 Å². The number of ether oxygens (including phenoxy) is 2. The maximum absolute atomic E-state index is 13.5. The second-order valence-electron chi connectivity index (χ2n) is 9.09. The lowest BCUT2D eigenvalue weighted by molar-refractivity contribution is -0.145. The number of hydrogen-bond acceptors (Lipinski definition) is 8. The van der Waals surface area contributed by atoms with Crippen molar-refractivity contribution in [3.63, 3.8) is 0 Å². The predicted molar refractivity (Wildman–Crippen MR) is 135 cm³/mol. The summed E-state index contributed by atoms with van der Waals surface area (Å²) in [4.78, 5) is 38.5.